The highest BCUT2D eigenvalue weighted by Gasteiger charge is 2.13. The summed E-state index contributed by atoms with van der Waals surface area (Å²) >= 11 is 0. The predicted octanol–water partition coefficient (Wildman–Crippen LogP) is 2.04. The molecule has 0 aliphatic heterocycles. The lowest BCUT2D eigenvalue weighted by Crippen LogP contribution is -2.34. The normalized spacial score (nSPS) is 9.92. The SMILES string of the molecule is CC(=O)Nc1ccc(NC(=O)C(=O)NCc2ccc(F)cc2)cc1. The number of hydrogen-bond donors (Lipinski definition) is 3. The maximum atomic E-state index is 12.8. The van der Waals surface area contributed by atoms with E-state index < -0.39 is 11.8 Å². The number of amides is 3. The molecule has 0 fully saturated rings. The van der Waals surface area contributed by atoms with Crippen molar-refractivity contribution in [1.29, 1.82) is 0 Å². The summed E-state index contributed by atoms with van der Waals surface area (Å²) < 4.78 is 12.8. The molecule has 24 heavy (non-hydrogen) atoms. The van der Waals surface area contributed by atoms with E-state index in [2.05, 4.69) is 16.0 Å². The molecule has 0 aliphatic carbocycles. The lowest BCUT2D eigenvalue weighted by atomic mass is 10.2. The lowest BCUT2D eigenvalue weighted by Gasteiger charge is -2.08. The van der Waals surface area contributed by atoms with Crippen molar-refractivity contribution in [3.05, 3.63) is 59.9 Å². The van der Waals surface area contributed by atoms with Crippen molar-refractivity contribution in [3.8, 4) is 0 Å². The first-order chi connectivity index (χ1) is 11.4. The second-order valence-electron chi connectivity index (χ2n) is 5.02. The largest absolute Gasteiger partial charge is 0.344 e. The molecule has 2 aromatic carbocycles. The van der Waals surface area contributed by atoms with Gasteiger partial charge in [0.25, 0.3) is 0 Å². The summed E-state index contributed by atoms with van der Waals surface area (Å²) in [4.78, 5) is 34.5. The summed E-state index contributed by atoms with van der Waals surface area (Å²) in [5.41, 5.74) is 1.68. The van der Waals surface area contributed by atoms with E-state index in [0.717, 1.165) is 0 Å². The lowest BCUT2D eigenvalue weighted by molar-refractivity contribution is -0.136. The van der Waals surface area contributed by atoms with Gasteiger partial charge in [0.1, 0.15) is 5.82 Å². The number of carbonyl (C=O) groups excluding carboxylic acids is 3. The van der Waals surface area contributed by atoms with E-state index in [1.807, 2.05) is 0 Å². The molecular formula is C17H16FN3O3. The fourth-order valence-electron chi connectivity index (χ4n) is 1.89. The van der Waals surface area contributed by atoms with Crippen LogP contribution in [-0.4, -0.2) is 17.7 Å². The van der Waals surface area contributed by atoms with E-state index in [0.29, 0.717) is 16.9 Å². The van der Waals surface area contributed by atoms with Crippen LogP contribution in [0.3, 0.4) is 0 Å². The van der Waals surface area contributed by atoms with E-state index in [1.165, 1.54) is 31.2 Å². The van der Waals surface area contributed by atoms with Gasteiger partial charge in [-0.15, -0.1) is 0 Å². The molecule has 0 saturated carbocycles. The third kappa shape index (κ3) is 5.20. The van der Waals surface area contributed by atoms with Gasteiger partial charge in [-0.3, -0.25) is 14.4 Å². The minimum Gasteiger partial charge on any atom is -0.344 e. The topological polar surface area (TPSA) is 87.3 Å². The van der Waals surface area contributed by atoms with Crippen molar-refractivity contribution in [3.63, 3.8) is 0 Å². The van der Waals surface area contributed by atoms with Gasteiger partial charge in [0.2, 0.25) is 5.91 Å². The Labute approximate surface area is 138 Å². The average Bonchev–Trinajstić information content (AvgIpc) is 2.55. The quantitative estimate of drug-likeness (QED) is 0.750. The van der Waals surface area contributed by atoms with Gasteiger partial charge < -0.3 is 16.0 Å². The molecule has 0 bridgehead atoms. The zero-order chi connectivity index (χ0) is 17.5. The third-order valence-corrected chi connectivity index (χ3v) is 3.04. The third-order valence-electron chi connectivity index (χ3n) is 3.04. The van der Waals surface area contributed by atoms with Crippen molar-refractivity contribution in [2.45, 2.75) is 13.5 Å². The summed E-state index contributed by atoms with van der Waals surface area (Å²) in [5.74, 6) is -2.19. The Hall–Kier alpha value is -3.22. The fourth-order valence-corrected chi connectivity index (χ4v) is 1.89. The Morgan fingerprint density at radius 3 is 1.92 bits per heavy atom. The van der Waals surface area contributed by atoms with Crippen molar-refractivity contribution in [1.82, 2.24) is 5.32 Å². The molecule has 0 saturated heterocycles. The monoisotopic (exact) mass is 329 g/mol. The van der Waals surface area contributed by atoms with Gasteiger partial charge in [0, 0.05) is 24.8 Å². The van der Waals surface area contributed by atoms with Gasteiger partial charge in [-0.1, -0.05) is 12.1 Å². The summed E-state index contributed by atoms with van der Waals surface area (Å²) in [7, 11) is 0. The van der Waals surface area contributed by atoms with Crippen LogP contribution in [0.1, 0.15) is 12.5 Å². The molecule has 0 unspecified atom stereocenters. The standard InChI is InChI=1S/C17H16FN3O3/c1-11(22)20-14-6-8-15(9-7-14)21-17(24)16(23)19-10-12-2-4-13(18)5-3-12/h2-9H,10H2,1H3,(H,19,23)(H,20,22)(H,21,24). The van der Waals surface area contributed by atoms with Crippen LogP contribution in [-0.2, 0) is 20.9 Å². The average molecular weight is 329 g/mol. The molecule has 0 atom stereocenters. The van der Waals surface area contributed by atoms with E-state index in [9.17, 15) is 18.8 Å². The molecular weight excluding hydrogens is 313 g/mol. The Bertz CT molecular complexity index is 743. The van der Waals surface area contributed by atoms with Crippen LogP contribution >= 0.6 is 0 Å². The smallest absolute Gasteiger partial charge is 0.313 e. The maximum absolute atomic E-state index is 12.8. The molecule has 3 N–H and O–H groups in total. The van der Waals surface area contributed by atoms with Crippen LogP contribution in [0.4, 0.5) is 15.8 Å². The molecule has 124 valence electrons. The summed E-state index contributed by atoms with van der Waals surface area (Å²) in [5, 5.41) is 7.48. The second-order valence-corrected chi connectivity index (χ2v) is 5.02. The van der Waals surface area contributed by atoms with Gasteiger partial charge in [0.05, 0.1) is 0 Å². The van der Waals surface area contributed by atoms with E-state index in [1.54, 1.807) is 24.3 Å². The molecule has 0 aromatic heterocycles. The summed E-state index contributed by atoms with van der Waals surface area (Å²) in [6.07, 6.45) is 0. The second kappa shape index (κ2) is 7.87. The van der Waals surface area contributed by atoms with E-state index in [4.69, 9.17) is 0 Å². The van der Waals surface area contributed by atoms with Crippen LogP contribution < -0.4 is 16.0 Å². The van der Waals surface area contributed by atoms with Crippen LogP contribution in [0.15, 0.2) is 48.5 Å². The van der Waals surface area contributed by atoms with Gasteiger partial charge in [0.15, 0.2) is 0 Å². The predicted molar refractivity (Wildman–Crippen MR) is 87.6 cm³/mol. The van der Waals surface area contributed by atoms with Crippen molar-refractivity contribution in [2.24, 2.45) is 0 Å². The molecule has 0 heterocycles. The van der Waals surface area contributed by atoms with Crippen LogP contribution in [0, 0.1) is 5.82 Å². The maximum Gasteiger partial charge on any atom is 0.313 e. The summed E-state index contributed by atoms with van der Waals surface area (Å²) in [6.45, 7) is 1.51. The highest BCUT2D eigenvalue weighted by molar-refractivity contribution is 6.39. The molecule has 7 heteroatoms. The van der Waals surface area contributed by atoms with Crippen molar-refractivity contribution in [2.75, 3.05) is 10.6 Å². The molecule has 0 radical (unpaired) electrons. The number of anilines is 2. The molecule has 2 aromatic rings. The van der Waals surface area contributed by atoms with Crippen LogP contribution in [0.25, 0.3) is 0 Å². The summed E-state index contributed by atoms with van der Waals surface area (Å²) in [6, 6.07) is 11.9. The fraction of sp³-hybridized carbons (Fsp3) is 0.118. The minimum atomic E-state index is -0.815. The highest BCUT2D eigenvalue weighted by atomic mass is 19.1. The number of nitrogens with one attached hydrogen (secondary N) is 3. The number of hydrogen-bond acceptors (Lipinski definition) is 3. The Morgan fingerprint density at radius 1 is 0.833 bits per heavy atom. The van der Waals surface area contributed by atoms with Gasteiger partial charge in [-0.05, 0) is 42.0 Å². The number of halogens is 1. The molecule has 0 spiro atoms. The first kappa shape index (κ1) is 17.1. The van der Waals surface area contributed by atoms with Gasteiger partial charge in [-0.2, -0.15) is 0 Å². The highest BCUT2D eigenvalue weighted by Crippen LogP contribution is 2.13. The first-order valence-electron chi connectivity index (χ1n) is 7.15. The van der Waals surface area contributed by atoms with Gasteiger partial charge >= 0.3 is 11.8 Å². The molecule has 3 amide bonds. The zero-order valence-electron chi connectivity index (χ0n) is 12.9. The van der Waals surface area contributed by atoms with Gasteiger partial charge in [-0.25, -0.2) is 4.39 Å². The Balaban J connectivity index is 1.85. The number of benzene rings is 2. The van der Waals surface area contributed by atoms with Crippen LogP contribution in [0.5, 0.6) is 0 Å². The van der Waals surface area contributed by atoms with Crippen molar-refractivity contribution < 1.29 is 18.8 Å². The molecule has 6 nitrogen and oxygen atoms in total. The number of rotatable bonds is 4. The molecule has 2 rings (SSSR count). The Kier molecular flexibility index (Phi) is 5.62. The first-order valence-corrected chi connectivity index (χ1v) is 7.15. The van der Waals surface area contributed by atoms with Crippen LogP contribution in [0.2, 0.25) is 0 Å². The Morgan fingerprint density at radius 2 is 1.38 bits per heavy atom. The van der Waals surface area contributed by atoms with E-state index in [-0.39, 0.29) is 18.3 Å². The molecule has 0 aliphatic rings. The van der Waals surface area contributed by atoms with E-state index >= 15 is 0 Å². The minimum absolute atomic E-state index is 0.119. The number of carbonyl (C=O) groups is 3. The van der Waals surface area contributed by atoms with Crippen molar-refractivity contribution >= 4 is 29.1 Å². The zero-order valence-corrected chi connectivity index (χ0v) is 12.9.